The maximum absolute atomic E-state index is 12.4. The zero-order valence-corrected chi connectivity index (χ0v) is 16.6. The highest BCUT2D eigenvalue weighted by molar-refractivity contribution is 5.49. The van der Waals surface area contributed by atoms with E-state index in [0.29, 0.717) is 25.1 Å². The average molecular weight is 365 g/mol. The first kappa shape index (κ1) is 19.4. The summed E-state index contributed by atoms with van der Waals surface area (Å²) in [6, 6.07) is 5.32. The Balaban J connectivity index is 1.80. The van der Waals surface area contributed by atoms with Crippen molar-refractivity contribution in [3.8, 4) is 11.5 Å². The number of alkyl halides is 1. The maximum Gasteiger partial charge on any atom is 0.161 e. The summed E-state index contributed by atoms with van der Waals surface area (Å²) in [5, 5.41) is 0. The lowest BCUT2D eigenvalue weighted by molar-refractivity contribution is 0.0294. The molecule has 0 aliphatic carbocycles. The topological polar surface area (TPSA) is 24.9 Å². The molecule has 2 atom stereocenters. The Labute approximate surface area is 157 Å². The third-order valence-corrected chi connectivity index (χ3v) is 5.70. The smallest absolute Gasteiger partial charge is 0.161 e. The van der Waals surface area contributed by atoms with Gasteiger partial charge >= 0.3 is 0 Å². The van der Waals surface area contributed by atoms with Gasteiger partial charge in [-0.05, 0) is 49.1 Å². The van der Waals surface area contributed by atoms with Gasteiger partial charge in [0.2, 0.25) is 0 Å². The Kier molecular flexibility index (Phi) is 6.41. The fraction of sp³-hybridized carbons (Fsp3) is 0.714. The molecule has 0 radical (unpaired) electrons. The van der Waals surface area contributed by atoms with Crippen molar-refractivity contribution in [2.75, 3.05) is 47.1 Å². The van der Waals surface area contributed by atoms with Gasteiger partial charge in [0, 0.05) is 38.1 Å². The predicted octanol–water partition coefficient (Wildman–Crippen LogP) is 3.69. The number of nitrogens with zero attached hydrogens (tertiary/aromatic N) is 2. The van der Waals surface area contributed by atoms with Crippen molar-refractivity contribution in [2.24, 2.45) is 5.92 Å². The molecular formula is C21H33FN2O2. The van der Waals surface area contributed by atoms with E-state index in [-0.39, 0.29) is 6.67 Å². The molecule has 5 heteroatoms. The molecule has 0 aromatic heterocycles. The average Bonchev–Trinajstić information content (AvgIpc) is 2.61. The van der Waals surface area contributed by atoms with Gasteiger partial charge < -0.3 is 14.4 Å². The van der Waals surface area contributed by atoms with Crippen LogP contribution in [0.5, 0.6) is 11.5 Å². The Hall–Kier alpha value is -1.33. The first-order chi connectivity index (χ1) is 12.5. The molecule has 26 heavy (non-hydrogen) atoms. The molecule has 4 nitrogen and oxygen atoms in total. The fourth-order valence-corrected chi connectivity index (χ4v) is 4.33. The number of rotatable bonds is 7. The number of piperazine rings is 1. The molecule has 0 unspecified atom stereocenters. The van der Waals surface area contributed by atoms with Crippen LogP contribution in [0.4, 0.5) is 4.39 Å². The summed E-state index contributed by atoms with van der Waals surface area (Å²) in [7, 11) is 3.93. The highest BCUT2D eigenvalue weighted by Gasteiger charge is 2.36. The number of hydrogen-bond donors (Lipinski definition) is 0. The number of hydrogen-bond acceptors (Lipinski definition) is 4. The molecule has 1 aromatic rings. The van der Waals surface area contributed by atoms with Crippen LogP contribution in [0.3, 0.4) is 0 Å². The number of likely N-dealkylation sites (N-methyl/N-ethyl adjacent to an activating group) is 1. The van der Waals surface area contributed by atoms with Crippen LogP contribution in [0.15, 0.2) is 12.1 Å². The van der Waals surface area contributed by atoms with Crippen LogP contribution in [0.1, 0.15) is 43.9 Å². The maximum atomic E-state index is 12.4. The minimum absolute atomic E-state index is 0.353. The molecule has 1 fully saturated rings. The van der Waals surface area contributed by atoms with Crippen LogP contribution in [0.2, 0.25) is 0 Å². The van der Waals surface area contributed by atoms with Gasteiger partial charge in [0.15, 0.2) is 11.5 Å². The SMILES string of the molecule is COc1cc2c(cc1OCCCF)CCN1C[C@@H](CC(C)C)N(C)C[C@@H]21. The van der Waals surface area contributed by atoms with E-state index in [9.17, 15) is 4.39 Å². The van der Waals surface area contributed by atoms with Crippen molar-refractivity contribution in [3.05, 3.63) is 23.3 Å². The molecule has 0 spiro atoms. The third kappa shape index (κ3) is 4.15. The van der Waals surface area contributed by atoms with E-state index in [4.69, 9.17) is 9.47 Å². The van der Waals surface area contributed by atoms with Crippen LogP contribution in [-0.2, 0) is 6.42 Å². The van der Waals surface area contributed by atoms with Crippen molar-refractivity contribution in [3.63, 3.8) is 0 Å². The minimum Gasteiger partial charge on any atom is -0.493 e. The molecule has 0 amide bonds. The lowest BCUT2D eigenvalue weighted by Crippen LogP contribution is -2.55. The second kappa shape index (κ2) is 8.57. The summed E-state index contributed by atoms with van der Waals surface area (Å²) in [4.78, 5) is 5.16. The van der Waals surface area contributed by atoms with Crippen molar-refractivity contribution in [1.82, 2.24) is 9.80 Å². The Morgan fingerprint density at radius 3 is 2.73 bits per heavy atom. The summed E-state index contributed by atoms with van der Waals surface area (Å²) in [5.74, 6) is 2.23. The van der Waals surface area contributed by atoms with E-state index in [2.05, 4.69) is 42.8 Å². The van der Waals surface area contributed by atoms with Gasteiger partial charge in [-0.3, -0.25) is 9.29 Å². The highest BCUT2D eigenvalue weighted by atomic mass is 19.1. The molecule has 0 bridgehead atoms. The van der Waals surface area contributed by atoms with E-state index in [0.717, 1.165) is 43.5 Å². The number of fused-ring (bicyclic) bond motifs is 3. The van der Waals surface area contributed by atoms with Crippen molar-refractivity contribution < 1.29 is 13.9 Å². The predicted molar refractivity (Wildman–Crippen MR) is 103 cm³/mol. The van der Waals surface area contributed by atoms with Gasteiger partial charge in [-0.15, -0.1) is 0 Å². The first-order valence-electron chi connectivity index (χ1n) is 9.87. The van der Waals surface area contributed by atoms with E-state index in [1.54, 1.807) is 7.11 Å². The molecule has 0 N–H and O–H groups in total. The quantitative estimate of drug-likeness (QED) is 0.689. The molecule has 2 aliphatic heterocycles. The van der Waals surface area contributed by atoms with Crippen molar-refractivity contribution >= 4 is 0 Å². The fourth-order valence-electron chi connectivity index (χ4n) is 4.33. The lowest BCUT2D eigenvalue weighted by Gasteiger charge is -2.48. The Bertz CT molecular complexity index is 608. The molecule has 2 heterocycles. The van der Waals surface area contributed by atoms with Gasteiger partial charge in [0.1, 0.15) is 0 Å². The number of halogens is 1. The van der Waals surface area contributed by atoms with E-state index in [1.807, 2.05) is 0 Å². The Morgan fingerprint density at radius 1 is 1.23 bits per heavy atom. The largest absolute Gasteiger partial charge is 0.493 e. The van der Waals surface area contributed by atoms with Crippen LogP contribution in [-0.4, -0.2) is 62.9 Å². The first-order valence-corrected chi connectivity index (χ1v) is 9.87. The summed E-state index contributed by atoms with van der Waals surface area (Å²) in [6.45, 7) is 7.93. The molecule has 2 aliphatic rings. The third-order valence-electron chi connectivity index (χ3n) is 5.70. The van der Waals surface area contributed by atoms with E-state index >= 15 is 0 Å². The van der Waals surface area contributed by atoms with E-state index in [1.165, 1.54) is 17.5 Å². The molecule has 1 saturated heterocycles. The van der Waals surface area contributed by atoms with Gasteiger partial charge in [-0.25, -0.2) is 0 Å². The monoisotopic (exact) mass is 364 g/mol. The highest BCUT2D eigenvalue weighted by Crippen LogP contribution is 2.40. The van der Waals surface area contributed by atoms with Crippen LogP contribution in [0.25, 0.3) is 0 Å². The number of ether oxygens (including phenoxy) is 2. The van der Waals surface area contributed by atoms with Crippen LogP contribution < -0.4 is 9.47 Å². The molecule has 3 rings (SSSR count). The molecule has 0 saturated carbocycles. The summed E-state index contributed by atoms with van der Waals surface area (Å²) in [5.41, 5.74) is 2.71. The zero-order chi connectivity index (χ0) is 18.7. The van der Waals surface area contributed by atoms with Gasteiger partial charge in [-0.1, -0.05) is 13.8 Å². The van der Waals surface area contributed by atoms with Crippen molar-refractivity contribution in [2.45, 2.75) is 45.2 Å². The summed E-state index contributed by atoms with van der Waals surface area (Å²) in [6.07, 6.45) is 2.70. The standard InChI is InChI=1S/C21H33FN2O2/c1-15(2)10-17-13-24-8-6-16-11-21(26-9-5-7-22)20(25-4)12-18(16)19(24)14-23(17)3/h11-12,15,17,19H,5-10,13-14H2,1-4H3/t17-,19+/m1/s1. The van der Waals surface area contributed by atoms with Gasteiger partial charge in [0.05, 0.1) is 20.4 Å². The minimum atomic E-state index is -0.353. The second-order valence-corrected chi connectivity index (χ2v) is 8.08. The van der Waals surface area contributed by atoms with Crippen LogP contribution in [0, 0.1) is 5.92 Å². The number of benzene rings is 1. The molecular weight excluding hydrogens is 331 g/mol. The molecule has 146 valence electrons. The van der Waals surface area contributed by atoms with Crippen molar-refractivity contribution in [1.29, 1.82) is 0 Å². The van der Waals surface area contributed by atoms with Gasteiger partial charge in [0.25, 0.3) is 0 Å². The molecule has 1 aromatic carbocycles. The van der Waals surface area contributed by atoms with Gasteiger partial charge in [-0.2, -0.15) is 0 Å². The Morgan fingerprint density at radius 2 is 2.04 bits per heavy atom. The van der Waals surface area contributed by atoms with E-state index < -0.39 is 0 Å². The normalized spacial score (nSPS) is 23.6. The number of methoxy groups -OCH3 is 1. The second-order valence-electron chi connectivity index (χ2n) is 8.08. The van der Waals surface area contributed by atoms with Crippen LogP contribution >= 0.6 is 0 Å². The summed E-state index contributed by atoms with van der Waals surface area (Å²) >= 11 is 0. The summed E-state index contributed by atoms with van der Waals surface area (Å²) < 4.78 is 23.7. The zero-order valence-electron chi connectivity index (χ0n) is 16.6. The lowest BCUT2D eigenvalue weighted by atomic mass is 9.88.